The summed E-state index contributed by atoms with van der Waals surface area (Å²) in [5.74, 6) is -1.53. The molecule has 1 fully saturated rings. The molecule has 30 heavy (non-hydrogen) atoms. The van der Waals surface area contributed by atoms with Crippen molar-refractivity contribution in [2.45, 2.75) is 65.0 Å². The predicted octanol–water partition coefficient (Wildman–Crippen LogP) is 3.73. The van der Waals surface area contributed by atoms with Gasteiger partial charge < -0.3 is 16.2 Å². The number of benzene rings is 1. The van der Waals surface area contributed by atoms with Gasteiger partial charge in [-0.15, -0.1) is 0 Å². The highest BCUT2D eigenvalue weighted by molar-refractivity contribution is 5.99. The molecule has 0 bridgehead atoms. The van der Waals surface area contributed by atoms with Crippen LogP contribution in [0, 0.1) is 18.2 Å². The van der Waals surface area contributed by atoms with Crippen molar-refractivity contribution in [2.75, 3.05) is 5.32 Å². The summed E-state index contributed by atoms with van der Waals surface area (Å²) in [7, 11) is 0. The number of halogens is 1. The third-order valence-corrected chi connectivity index (χ3v) is 6.17. The largest absolute Gasteiger partial charge is 0.391 e. The Labute approximate surface area is 176 Å². The minimum absolute atomic E-state index is 0.0315. The maximum atomic E-state index is 15.0. The summed E-state index contributed by atoms with van der Waals surface area (Å²) in [5, 5.41) is 18.2. The van der Waals surface area contributed by atoms with Gasteiger partial charge >= 0.3 is 0 Å². The van der Waals surface area contributed by atoms with Gasteiger partial charge in [-0.2, -0.15) is 5.10 Å². The summed E-state index contributed by atoms with van der Waals surface area (Å²) in [5.41, 5.74) is 9.02. The number of hydrogen-bond donors (Lipinski definition) is 3. The highest BCUT2D eigenvalue weighted by Crippen LogP contribution is 2.35. The van der Waals surface area contributed by atoms with E-state index >= 15 is 4.39 Å². The molecule has 160 valence electrons. The third kappa shape index (κ3) is 3.74. The van der Waals surface area contributed by atoms with Gasteiger partial charge in [0.05, 0.1) is 40.5 Å². The Morgan fingerprint density at radius 2 is 2.07 bits per heavy atom. The van der Waals surface area contributed by atoms with Gasteiger partial charge in [0.15, 0.2) is 0 Å². The molecule has 2 aliphatic carbocycles. The lowest BCUT2D eigenvalue weighted by atomic mass is 9.82. The van der Waals surface area contributed by atoms with Gasteiger partial charge in [0.2, 0.25) is 0 Å². The van der Waals surface area contributed by atoms with Crippen LogP contribution < -0.4 is 11.1 Å². The second kappa shape index (κ2) is 7.54. The van der Waals surface area contributed by atoms with Crippen molar-refractivity contribution < 1.29 is 14.3 Å². The summed E-state index contributed by atoms with van der Waals surface area (Å²) >= 11 is 0. The number of carbonyl (C=O) groups excluding carboxylic acids is 1. The van der Waals surface area contributed by atoms with Gasteiger partial charge in [0, 0.05) is 11.6 Å². The number of allylic oxidation sites excluding steroid dienone is 1. The second-order valence-corrected chi connectivity index (χ2v) is 9.17. The zero-order chi connectivity index (χ0) is 21.6. The first-order valence-corrected chi connectivity index (χ1v) is 10.5. The smallest absolute Gasteiger partial charge is 0.253 e. The number of nitrogens with two attached hydrogens (primary N) is 1. The molecule has 7 heteroatoms. The molecule has 4 N–H and O–H groups in total. The summed E-state index contributed by atoms with van der Waals surface area (Å²) in [6.07, 6.45) is 7.82. The molecule has 1 aromatic carbocycles. The summed E-state index contributed by atoms with van der Waals surface area (Å²) in [4.78, 5) is 12.0. The van der Waals surface area contributed by atoms with Gasteiger partial charge in [0.1, 0.15) is 5.82 Å². The van der Waals surface area contributed by atoms with Crippen LogP contribution in [0.3, 0.4) is 0 Å². The molecule has 6 nitrogen and oxygen atoms in total. The standard InChI is InChI=1S/C23H29FN4O2/c1-13-15-8-9-23(2,3)12-19(15)28(27-13)14-10-16(24)21(22(25)30)18(11-14)26-17-6-4-5-7-20(17)29/h8-11,17,20,26,29H,4-7,12H2,1-3H3,(H2,25,30). The van der Waals surface area contributed by atoms with E-state index in [0.29, 0.717) is 17.8 Å². The molecule has 0 saturated heterocycles. The van der Waals surface area contributed by atoms with E-state index in [-0.39, 0.29) is 17.0 Å². The molecule has 2 aromatic rings. The lowest BCUT2D eigenvalue weighted by Gasteiger charge is -2.30. The van der Waals surface area contributed by atoms with Crippen LogP contribution in [0.4, 0.5) is 10.1 Å². The number of nitrogens with zero attached hydrogens (tertiary/aromatic N) is 2. The molecule has 2 unspecified atom stereocenters. The maximum absolute atomic E-state index is 15.0. The second-order valence-electron chi connectivity index (χ2n) is 9.17. The Morgan fingerprint density at radius 3 is 2.77 bits per heavy atom. The number of nitrogens with one attached hydrogen (secondary N) is 1. The maximum Gasteiger partial charge on any atom is 0.253 e. The lowest BCUT2D eigenvalue weighted by molar-refractivity contribution is 0.0995. The third-order valence-electron chi connectivity index (χ3n) is 6.17. The monoisotopic (exact) mass is 412 g/mol. The number of aromatic nitrogens is 2. The van der Waals surface area contributed by atoms with Crippen molar-refractivity contribution in [1.82, 2.24) is 9.78 Å². The first kappa shape index (κ1) is 20.6. The van der Waals surface area contributed by atoms with E-state index in [0.717, 1.165) is 42.6 Å². The minimum Gasteiger partial charge on any atom is -0.391 e. The number of aliphatic hydroxyl groups excluding tert-OH is 1. The quantitative estimate of drug-likeness (QED) is 0.713. The van der Waals surface area contributed by atoms with Gasteiger partial charge in [-0.05, 0) is 37.7 Å². The summed E-state index contributed by atoms with van der Waals surface area (Å²) in [6, 6.07) is 2.77. The van der Waals surface area contributed by atoms with Gasteiger partial charge in [0.25, 0.3) is 5.91 Å². The van der Waals surface area contributed by atoms with Crippen molar-refractivity contribution >= 4 is 17.7 Å². The SMILES string of the molecule is Cc1nn(-c2cc(F)c(C(N)=O)c(NC3CCCCC3O)c2)c2c1C=CC(C)(C)C2. The lowest BCUT2D eigenvalue weighted by Crippen LogP contribution is -2.37. The summed E-state index contributed by atoms with van der Waals surface area (Å²) in [6.45, 7) is 6.23. The Balaban J connectivity index is 1.80. The van der Waals surface area contributed by atoms with Crippen molar-refractivity contribution in [1.29, 1.82) is 0 Å². The highest BCUT2D eigenvalue weighted by atomic mass is 19.1. The molecule has 2 aliphatic rings. The van der Waals surface area contributed by atoms with E-state index in [4.69, 9.17) is 5.73 Å². The van der Waals surface area contributed by atoms with E-state index in [1.807, 2.05) is 6.92 Å². The Kier molecular flexibility index (Phi) is 5.18. The molecule has 0 radical (unpaired) electrons. The molecule has 2 atom stereocenters. The van der Waals surface area contributed by atoms with Gasteiger partial charge in [-0.25, -0.2) is 9.07 Å². The molecule has 0 spiro atoms. The average molecular weight is 413 g/mol. The van der Waals surface area contributed by atoms with Crippen LogP contribution in [0.15, 0.2) is 18.2 Å². The van der Waals surface area contributed by atoms with Gasteiger partial charge in [-0.1, -0.05) is 38.8 Å². The van der Waals surface area contributed by atoms with E-state index < -0.39 is 17.8 Å². The van der Waals surface area contributed by atoms with Crippen molar-refractivity contribution in [3.63, 3.8) is 0 Å². The zero-order valence-corrected chi connectivity index (χ0v) is 17.7. The number of rotatable bonds is 4. The Hall–Kier alpha value is -2.67. The van der Waals surface area contributed by atoms with E-state index in [1.165, 1.54) is 6.07 Å². The number of fused-ring (bicyclic) bond motifs is 1. The number of aliphatic hydroxyl groups is 1. The molecule has 1 amide bonds. The molecule has 0 aliphatic heterocycles. The fraction of sp³-hybridized carbons (Fsp3) is 0.478. The van der Waals surface area contributed by atoms with Crippen LogP contribution >= 0.6 is 0 Å². The van der Waals surface area contributed by atoms with Crippen molar-refractivity contribution in [2.24, 2.45) is 11.1 Å². The molecule has 1 saturated carbocycles. The fourth-order valence-corrected chi connectivity index (χ4v) is 4.55. The fourth-order valence-electron chi connectivity index (χ4n) is 4.55. The van der Waals surface area contributed by atoms with Crippen LogP contribution in [0.25, 0.3) is 11.8 Å². The molecule has 4 rings (SSSR count). The van der Waals surface area contributed by atoms with Crippen LogP contribution in [0.1, 0.15) is 66.8 Å². The molecule has 1 heterocycles. The number of carbonyl (C=O) groups is 1. The molecular weight excluding hydrogens is 383 g/mol. The van der Waals surface area contributed by atoms with E-state index in [9.17, 15) is 9.90 Å². The summed E-state index contributed by atoms with van der Waals surface area (Å²) < 4.78 is 16.8. The van der Waals surface area contributed by atoms with Gasteiger partial charge in [-0.3, -0.25) is 4.79 Å². The number of primary amides is 1. The van der Waals surface area contributed by atoms with Crippen molar-refractivity contribution in [3.8, 4) is 5.69 Å². The average Bonchev–Trinajstić information content (AvgIpc) is 2.97. The number of amides is 1. The topological polar surface area (TPSA) is 93.2 Å². The zero-order valence-electron chi connectivity index (χ0n) is 17.7. The van der Waals surface area contributed by atoms with E-state index in [1.54, 1.807) is 10.7 Å². The first-order chi connectivity index (χ1) is 14.2. The highest BCUT2D eigenvalue weighted by Gasteiger charge is 2.29. The number of hydrogen-bond acceptors (Lipinski definition) is 4. The Bertz CT molecular complexity index is 1020. The van der Waals surface area contributed by atoms with Crippen LogP contribution in [-0.2, 0) is 6.42 Å². The number of anilines is 1. The normalized spacial score (nSPS) is 22.6. The Morgan fingerprint density at radius 1 is 1.33 bits per heavy atom. The predicted molar refractivity (Wildman–Crippen MR) is 115 cm³/mol. The van der Waals surface area contributed by atoms with Crippen LogP contribution in [-0.4, -0.2) is 32.9 Å². The van der Waals surface area contributed by atoms with Crippen molar-refractivity contribution in [3.05, 3.63) is 46.5 Å². The van der Waals surface area contributed by atoms with E-state index in [2.05, 4.69) is 36.4 Å². The van der Waals surface area contributed by atoms with Crippen LogP contribution in [0.5, 0.6) is 0 Å². The minimum atomic E-state index is -0.838. The van der Waals surface area contributed by atoms with Crippen LogP contribution in [0.2, 0.25) is 0 Å². The number of aryl methyl sites for hydroxylation is 1. The molecular formula is C23H29FN4O2. The molecule has 1 aromatic heterocycles. The first-order valence-electron chi connectivity index (χ1n) is 10.5.